The summed E-state index contributed by atoms with van der Waals surface area (Å²) in [7, 11) is -3.55. The van der Waals surface area contributed by atoms with E-state index in [1.165, 1.54) is 32.7 Å². The van der Waals surface area contributed by atoms with Gasteiger partial charge in [-0.1, -0.05) is 13.8 Å². The van der Waals surface area contributed by atoms with Crippen LogP contribution in [-0.2, 0) is 19.6 Å². The van der Waals surface area contributed by atoms with Gasteiger partial charge in [0.15, 0.2) is 5.13 Å². The molecule has 1 aliphatic rings. The maximum atomic E-state index is 12.6. The monoisotopic (exact) mass is 422 g/mol. The molecule has 2 aromatic rings. The lowest BCUT2D eigenvalue weighted by Gasteiger charge is -2.20. The van der Waals surface area contributed by atoms with Crippen LogP contribution in [-0.4, -0.2) is 49.2 Å². The van der Waals surface area contributed by atoms with E-state index in [1.54, 1.807) is 37.6 Å². The zero-order chi connectivity index (χ0) is 20.3. The molecular formula is C18H22N4O4S2. The van der Waals surface area contributed by atoms with E-state index in [1.807, 2.05) is 0 Å². The lowest BCUT2D eigenvalue weighted by molar-refractivity contribution is -0.122. The minimum Gasteiger partial charge on any atom is -0.312 e. The fraction of sp³-hybridized carbons (Fsp3) is 0.389. The number of rotatable bonds is 7. The molecule has 1 aromatic carbocycles. The van der Waals surface area contributed by atoms with Gasteiger partial charge in [-0.15, -0.1) is 11.3 Å². The molecule has 0 saturated carbocycles. The molecule has 0 bridgehead atoms. The fourth-order valence-corrected chi connectivity index (χ4v) is 5.13. The van der Waals surface area contributed by atoms with E-state index >= 15 is 0 Å². The van der Waals surface area contributed by atoms with Crippen LogP contribution in [0.25, 0.3) is 0 Å². The van der Waals surface area contributed by atoms with E-state index < -0.39 is 15.9 Å². The number of aromatic nitrogens is 1. The van der Waals surface area contributed by atoms with Crippen LogP contribution in [0.2, 0.25) is 0 Å². The Morgan fingerprint density at radius 2 is 1.96 bits per heavy atom. The molecule has 2 amide bonds. The third-order valence-electron chi connectivity index (χ3n) is 4.65. The third-order valence-corrected chi connectivity index (χ3v) is 7.40. The first-order valence-corrected chi connectivity index (χ1v) is 11.3. The Morgan fingerprint density at radius 1 is 1.29 bits per heavy atom. The topological polar surface area (TPSA) is 99.7 Å². The number of benzene rings is 1. The summed E-state index contributed by atoms with van der Waals surface area (Å²) >= 11 is 1.32. The van der Waals surface area contributed by atoms with Crippen molar-refractivity contribution in [1.82, 2.24) is 9.29 Å². The van der Waals surface area contributed by atoms with Crippen LogP contribution in [0.1, 0.15) is 20.3 Å². The van der Waals surface area contributed by atoms with Gasteiger partial charge in [-0.2, -0.15) is 4.31 Å². The average Bonchev–Trinajstić information content (AvgIpc) is 3.32. The van der Waals surface area contributed by atoms with Crippen molar-refractivity contribution < 1.29 is 18.0 Å². The van der Waals surface area contributed by atoms with Crippen molar-refractivity contribution in [2.45, 2.75) is 25.2 Å². The molecule has 1 fully saturated rings. The van der Waals surface area contributed by atoms with Gasteiger partial charge in [-0.3, -0.25) is 9.59 Å². The highest BCUT2D eigenvalue weighted by atomic mass is 32.2. The molecule has 1 unspecified atom stereocenters. The Morgan fingerprint density at radius 3 is 2.54 bits per heavy atom. The second-order valence-electron chi connectivity index (χ2n) is 6.32. The van der Waals surface area contributed by atoms with Crippen molar-refractivity contribution in [3.8, 4) is 0 Å². The van der Waals surface area contributed by atoms with Crippen molar-refractivity contribution >= 4 is 44.0 Å². The van der Waals surface area contributed by atoms with Gasteiger partial charge in [0.25, 0.3) is 0 Å². The molecular weight excluding hydrogens is 400 g/mol. The van der Waals surface area contributed by atoms with Crippen LogP contribution in [0.5, 0.6) is 0 Å². The van der Waals surface area contributed by atoms with E-state index in [-0.39, 0.29) is 29.7 Å². The Kier molecular flexibility index (Phi) is 6.11. The zero-order valence-corrected chi connectivity index (χ0v) is 17.3. The first kappa shape index (κ1) is 20.4. The summed E-state index contributed by atoms with van der Waals surface area (Å²) in [5, 5.41) is 4.98. The minimum atomic E-state index is -3.55. The summed E-state index contributed by atoms with van der Waals surface area (Å²) in [5.74, 6) is -0.888. The largest absolute Gasteiger partial charge is 0.312 e. The summed E-state index contributed by atoms with van der Waals surface area (Å²) in [6.45, 7) is 4.60. The number of nitrogens with one attached hydrogen (secondary N) is 1. The maximum absolute atomic E-state index is 12.6. The summed E-state index contributed by atoms with van der Waals surface area (Å²) in [6.07, 6.45) is 1.71. The van der Waals surface area contributed by atoms with Crippen molar-refractivity contribution in [1.29, 1.82) is 0 Å². The predicted octanol–water partition coefficient (Wildman–Crippen LogP) is 2.17. The normalized spacial score (nSPS) is 17.3. The molecule has 10 heteroatoms. The van der Waals surface area contributed by atoms with Crippen LogP contribution in [0, 0.1) is 5.92 Å². The summed E-state index contributed by atoms with van der Waals surface area (Å²) in [4.78, 5) is 30.4. The summed E-state index contributed by atoms with van der Waals surface area (Å²) in [6, 6.07) is 6.21. The van der Waals surface area contributed by atoms with Gasteiger partial charge in [0.2, 0.25) is 21.8 Å². The smallest absolute Gasteiger partial charge is 0.243 e. The van der Waals surface area contributed by atoms with Crippen LogP contribution in [0.3, 0.4) is 0 Å². The van der Waals surface area contributed by atoms with Crippen molar-refractivity contribution in [2.75, 3.05) is 29.9 Å². The van der Waals surface area contributed by atoms with E-state index in [0.29, 0.717) is 23.9 Å². The van der Waals surface area contributed by atoms with Gasteiger partial charge >= 0.3 is 0 Å². The number of sulfonamides is 1. The molecule has 1 N–H and O–H groups in total. The highest BCUT2D eigenvalue weighted by Crippen LogP contribution is 2.28. The highest BCUT2D eigenvalue weighted by molar-refractivity contribution is 7.89. The molecule has 2 heterocycles. The average molecular weight is 423 g/mol. The Labute approximate surface area is 168 Å². The number of carbonyl (C=O) groups excluding carboxylic acids is 2. The zero-order valence-electron chi connectivity index (χ0n) is 15.7. The maximum Gasteiger partial charge on any atom is 0.243 e. The van der Waals surface area contributed by atoms with Crippen molar-refractivity contribution in [3.05, 3.63) is 35.8 Å². The number of thiazole rings is 1. The van der Waals surface area contributed by atoms with Crippen LogP contribution in [0.15, 0.2) is 40.7 Å². The molecule has 0 aliphatic carbocycles. The second kappa shape index (κ2) is 8.38. The minimum absolute atomic E-state index is 0.108. The summed E-state index contributed by atoms with van der Waals surface area (Å²) < 4.78 is 26.5. The molecule has 0 radical (unpaired) electrons. The Bertz CT molecular complexity index is 938. The Hall–Kier alpha value is -2.30. The molecule has 8 nitrogen and oxygen atoms in total. The SMILES string of the molecule is CCN(CC)S(=O)(=O)c1ccc(N2CC(C(=O)Nc3nccs3)CC2=O)cc1. The second-order valence-corrected chi connectivity index (χ2v) is 9.15. The standard InChI is InChI=1S/C18H22N4O4S2/c1-3-21(4-2)28(25,26)15-7-5-14(6-8-15)22-12-13(11-16(22)23)17(24)20-18-19-9-10-27-18/h5-10,13H,3-4,11-12H2,1-2H3,(H,19,20,24). The Balaban J connectivity index is 1.72. The van der Waals surface area contributed by atoms with Gasteiger partial charge in [-0.25, -0.2) is 13.4 Å². The lowest BCUT2D eigenvalue weighted by Crippen LogP contribution is -2.31. The number of carbonyl (C=O) groups is 2. The van der Waals surface area contributed by atoms with Crippen LogP contribution >= 0.6 is 11.3 Å². The molecule has 3 rings (SSSR count). The number of anilines is 2. The molecule has 1 saturated heterocycles. The lowest BCUT2D eigenvalue weighted by atomic mass is 10.1. The van der Waals surface area contributed by atoms with E-state index in [4.69, 9.17) is 0 Å². The molecule has 1 atom stereocenters. The number of amides is 2. The van der Waals surface area contributed by atoms with Crippen molar-refractivity contribution in [2.24, 2.45) is 5.92 Å². The molecule has 1 aromatic heterocycles. The number of hydrogen-bond donors (Lipinski definition) is 1. The van der Waals surface area contributed by atoms with Crippen LogP contribution in [0.4, 0.5) is 10.8 Å². The summed E-state index contributed by atoms with van der Waals surface area (Å²) in [5.41, 5.74) is 0.577. The first-order chi connectivity index (χ1) is 13.4. The van der Waals surface area contributed by atoms with Crippen LogP contribution < -0.4 is 10.2 Å². The molecule has 28 heavy (non-hydrogen) atoms. The first-order valence-electron chi connectivity index (χ1n) is 8.97. The van der Waals surface area contributed by atoms with E-state index in [2.05, 4.69) is 10.3 Å². The van der Waals surface area contributed by atoms with Gasteiger partial charge < -0.3 is 10.2 Å². The molecule has 0 spiro atoms. The quantitative estimate of drug-likeness (QED) is 0.737. The van der Waals surface area contributed by atoms with Gasteiger partial charge in [-0.05, 0) is 24.3 Å². The third kappa shape index (κ3) is 4.08. The molecule has 1 aliphatic heterocycles. The highest BCUT2D eigenvalue weighted by Gasteiger charge is 2.35. The van der Waals surface area contributed by atoms with Gasteiger partial charge in [0.05, 0.1) is 10.8 Å². The number of hydrogen-bond acceptors (Lipinski definition) is 6. The van der Waals surface area contributed by atoms with E-state index in [0.717, 1.165) is 0 Å². The fourth-order valence-electron chi connectivity index (χ4n) is 3.14. The predicted molar refractivity (Wildman–Crippen MR) is 108 cm³/mol. The number of nitrogens with zero attached hydrogens (tertiary/aromatic N) is 3. The van der Waals surface area contributed by atoms with Crippen molar-refractivity contribution in [3.63, 3.8) is 0 Å². The van der Waals surface area contributed by atoms with E-state index in [9.17, 15) is 18.0 Å². The molecule has 150 valence electrons. The van der Waals surface area contributed by atoms with Gasteiger partial charge in [0, 0.05) is 43.3 Å². The van der Waals surface area contributed by atoms with Gasteiger partial charge in [0.1, 0.15) is 0 Å².